The van der Waals surface area contributed by atoms with Crippen LogP contribution >= 0.6 is 0 Å². The molecule has 0 fully saturated rings. The Kier molecular flexibility index (Phi) is 13.9. The molecule has 0 spiro atoms. The van der Waals surface area contributed by atoms with Crippen LogP contribution < -0.4 is 0 Å². The van der Waals surface area contributed by atoms with Gasteiger partial charge in [-0.05, 0) is 0 Å². The highest BCUT2D eigenvalue weighted by Crippen LogP contribution is 2.08. The molecule has 0 aromatic heterocycles. The van der Waals surface area contributed by atoms with Crippen molar-refractivity contribution in [3.63, 3.8) is 0 Å². The Morgan fingerprint density at radius 2 is 1.20 bits per heavy atom. The van der Waals surface area contributed by atoms with E-state index >= 15 is 0 Å². The van der Waals surface area contributed by atoms with E-state index in [9.17, 15) is 29.9 Å². The van der Waals surface area contributed by atoms with Crippen molar-refractivity contribution in [3.05, 3.63) is 25.0 Å². The van der Waals surface area contributed by atoms with Crippen LogP contribution in [0.1, 0.15) is 0 Å². The topological polar surface area (TPSA) is 43.4 Å². The van der Waals surface area contributed by atoms with Gasteiger partial charge in [0.1, 0.15) is 6.26 Å². The maximum Gasteiger partial charge on any atom is 0.476 e. The third kappa shape index (κ3) is 105. The fourth-order valence-electron chi connectivity index (χ4n) is 0. The number of hydrogen-bond donors (Lipinski definition) is 0. The predicted octanol–water partition coefficient (Wildman–Crippen LogP) is 3.19. The average Bonchev–Trinajstić information content (AvgIpc) is 2.01. The van der Waals surface area contributed by atoms with Crippen molar-refractivity contribution in [2.75, 3.05) is 0 Å². The van der Waals surface area contributed by atoms with E-state index in [4.69, 9.17) is 8.42 Å². The molecule has 0 aromatic rings. The van der Waals surface area contributed by atoms with Gasteiger partial charge >= 0.3 is 22.8 Å². The van der Waals surface area contributed by atoms with Gasteiger partial charge in [0, 0.05) is 4.53 Å². The summed E-state index contributed by atoms with van der Waals surface area (Å²) in [5, 5.41) is 0. The average molecular weight is 264 g/mol. The number of rotatable bonds is 1. The standard InChI is InChI=1S/C2F4.C2H3FO.F2O2S/c3-1(4)2(5)6;1-2-4-3;1-5(2,3)4/h;2H,1H2;. The van der Waals surface area contributed by atoms with Gasteiger partial charge in [-0.2, -0.15) is 26.0 Å². The summed E-state index contributed by atoms with van der Waals surface area (Å²) in [7, 11) is -5.67. The van der Waals surface area contributed by atoms with Gasteiger partial charge < -0.3 is 4.94 Å². The molecule has 0 N–H and O–H groups in total. The first-order valence-corrected chi connectivity index (χ1v) is 3.73. The zero-order valence-electron chi connectivity index (χ0n) is 6.56. The summed E-state index contributed by atoms with van der Waals surface area (Å²) in [5.74, 6) is 0. The molecule has 0 atom stereocenters. The molecular weight excluding hydrogens is 261 g/mol. The molecule has 0 aliphatic heterocycles. The lowest BCUT2D eigenvalue weighted by Gasteiger charge is -1.69. The lowest BCUT2D eigenvalue weighted by Crippen LogP contribution is -1.69. The molecule has 3 nitrogen and oxygen atoms in total. The van der Waals surface area contributed by atoms with Crippen molar-refractivity contribution in [3.8, 4) is 0 Å². The fraction of sp³-hybridized carbons (Fsp3) is 0. The summed E-state index contributed by atoms with van der Waals surface area (Å²) in [5.41, 5.74) is 0. The summed E-state index contributed by atoms with van der Waals surface area (Å²) in [4.78, 5) is 2.81. The first-order chi connectivity index (χ1) is 6.56. The van der Waals surface area contributed by atoms with Gasteiger partial charge in [0.15, 0.2) is 0 Å². The molecule has 0 aliphatic carbocycles. The Bertz CT molecular complexity index is 259. The van der Waals surface area contributed by atoms with Crippen LogP contribution in [-0.4, -0.2) is 8.42 Å². The van der Waals surface area contributed by atoms with Crippen LogP contribution in [0.15, 0.2) is 25.0 Å². The van der Waals surface area contributed by atoms with E-state index < -0.39 is 22.8 Å². The Hall–Kier alpha value is -1.26. The highest BCUT2D eigenvalue weighted by Gasteiger charge is 1.98. The van der Waals surface area contributed by atoms with Crippen molar-refractivity contribution in [1.29, 1.82) is 0 Å². The maximum absolute atomic E-state index is 10.3. The van der Waals surface area contributed by atoms with Crippen LogP contribution in [0, 0.1) is 0 Å². The van der Waals surface area contributed by atoms with E-state index in [1.807, 2.05) is 0 Å². The van der Waals surface area contributed by atoms with Crippen LogP contribution in [0.3, 0.4) is 0 Å². The van der Waals surface area contributed by atoms with E-state index in [0.29, 0.717) is 6.26 Å². The summed E-state index contributed by atoms with van der Waals surface area (Å²) in [6.07, 6.45) is -5.11. The van der Waals surface area contributed by atoms with E-state index in [0.717, 1.165) is 0 Å². The third-order valence-corrected chi connectivity index (χ3v) is 0.206. The lowest BCUT2D eigenvalue weighted by atomic mass is 11.1. The fourth-order valence-corrected chi connectivity index (χ4v) is 0. The SMILES string of the molecule is C=COF.FC(F)=C(F)F.O=S(=O)(F)F. The van der Waals surface area contributed by atoms with Gasteiger partial charge in [0.2, 0.25) is 0 Å². The molecule has 0 bridgehead atoms. The zero-order chi connectivity index (χ0) is 13.1. The van der Waals surface area contributed by atoms with Crippen LogP contribution in [0.2, 0.25) is 0 Å². The molecule has 0 aliphatic rings. The summed E-state index contributed by atoms with van der Waals surface area (Å²) in [6, 6.07) is 0. The molecule has 92 valence electrons. The van der Waals surface area contributed by atoms with Crippen LogP contribution in [0.5, 0.6) is 0 Å². The Morgan fingerprint density at radius 1 is 1.07 bits per heavy atom. The second kappa shape index (κ2) is 10.8. The minimum Gasteiger partial charge on any atom is -0.303 e. The largest absolute Gasteiger partial charge is 0.476 e. The minimum absolute atomic E-state index is 0.708. The second-order valence-electron chi connectivity index (χ2n) is 1.15. The normalized spacial score (nSPS) is 8.47. The summed E-state index contributed by atoms with van der Waals surface area (Å²) < 4.78 is 87.8. The molecule has 0 unspecified atom stereocenters. The predicted molar refractivity (Wildman–Crippen MR) is 35.0 cm³/mol. The van der Waals surface area contributed by atoms with Crippen molar-refractivity contribution in [1.82, 2.24) is 0 Å². The van der Waals surface area contributed by atoms with Gasteiger partial charge in [-0.15, -0.1) is 0 Å². The van der Waals surface area contributed by atoms with Gasteiger partial charge in [-0.1, -0.05) is 14.4 Å². The molecule has 11 heteroatoms. The summed E-state index contributed by atoms with van der Waals surface area (Å²) >= 11 is 0. The first-order valence-electron chi connectivity index (χ1n) is 2.45. The second-order valence-corrected chi connectivity index (χ2v) is 1.91. The summed E-state index contributed by atoms with van der Waals surface area (Å²) in [6.45, 7) is 2.88. The van der Waals surface area contributed by atoms with Gasteiger partial charge in [-0.3, -0.25) is 0 Å². The number of halogens is 7. The van der Waals surface area contributed by atoms with Crippen molar-refractivity contribution in [2.45, 2.75) is 0 Å². The highest BCUT2D eigenvalue weighted by molar-refractivity contribution is 7.81. The van der Waals surface area contributed by atoms with Crippen molar-refractivity contribution >= 4 is 10.6 Å². The van der Waals surface area contributed by atoms with Gasteiger partial charge in [-0.25, -0.2) is 0 Å². The van der Waals surface area contributed by atoms with Crippen molar-refractivity contribution < 1.29 is 43.2 Å². The number of hydrogen-bond acceptors (Lipinski definition) is 3. The van der Waals surface area contributed by atoms with E-state index in [1.165, 1.54) is 0 Å². The Labute approximate surface area is 79.9 Å². The molecule has 0 saturated heterocycles. The quantitative estimate of drug-likeness (QED) is 0.415. The molecular formula is C4H3F7O3S. The lowest BCUT2D eigenvalue weighted by molar-refractivity contribution is -0.0611. The molecule has 15 heavy (non-hydrogen) atoms. The Morgan fingerprint density at radius 3 is 1.20 bits per heavy atom. The van der Waals surface area contributed by atoms with Gasteiger partial charge in [0.05, 0.1) is 0 Å². The van der Waals surface area contributed by atoms with Crippen LogP contribution in [-0.2, 0) is 15.6 Å². The Balaban J connectivity index is -0.000000147. The van der Waals surface area contributed by atoms with E-state index in [-0.39, 0.29) is 0 Å². The first kappa shape index (κ1) is 19.3. The molecule has 0 heterocycles. The van der Waals surface area contributed by atoms with Gasteiger partial charge in [0.25, 0.3) is 0 Å². The van der Waals surface area contributed by atoms with Crippen LogP contribution in [0.4, 0.5) is 29.9 Å². The third-order valence-electron chi connectivity index (χ3n) is 0.206. The molecule has 0 aromatic carbocycles. The maximum atomic E-state index is 10.3. The highest BCUT2D eigenvalue weighted by atomic mass is 32.3. The van der Waals surface area contributed by atoms with E-state index in [2.05, 4.69) is 11.5 Å². The van der Waals surface area contributed by atoms with E-state index in [1.54, 1.807) is 0 Å². The molecule has 0 saturated carbocycles. The van der Waals surface area contributed by atoms with Crippen molar-refractivity contribution in [2.24, 2.45) is 0 Å². The zero-order valence-corrected chi connectivity index (χ0v) is 7.38. The monoisotopic (exact) mass is 264 g/mol. The smallest absolute Gasteiger partial charge is 0.303 e. The molecule has 0 amide bonds. The molecule has 0 radical (unpaired) electrons. The molecule has 0 rings (SSSR count). The minimum atomic E-state index is -5.67. The van der Waals surface area contributed by atoms with Crippen LogP contribution in [0.25, 0.3) is 0 Å².